The summed E-state index contributed by atoms with van der Waals surface area (Å²) in [6, 6.07) is 7.15. The third kappa shape index (κ3) is 6.84. The van der Waals surface area contributed by atoms with Crippen LogP contribution in [0.5, 0.6) is 0 Å². The first kappa shape index (κ1) is 24.8. The van der Waals surface area contributed by atoms with Gasteiger partial charge >= 0.3 is 0 Å². The Morgan fingerprint density at radius 3 is 2.00 bits per heavy atom. The molecule has 1 aromatic carbocycles. The molecule has 1 rings (SSSR count). The molecule has 1 aromatic rings. The van der Waals surface area contributed by atoms with Crippen molar-refractivity contribution in [1.82, 2.24) is 4.72 Å². The quantitative estimate of drug-likeness (QED) is 0.524. The highest BCUT2D eigenvalue weighted by molar-refractivity contribution is 8.06. The van der Waals surface area contributed by atoms with Crippen LogP contribution in [0.4, 0.5) is 0 Å². The summed E-state index contributed by atoms with van der Waals surface area (Å²) in [5.41, 5.74) is 6.77. The molecule has 0 aromatic heterocycles. The molecule has 2 atom stereocenters. The molecule has 11 heteroatoms. The van der Waals surface area contributed by atoms with Crippen LogP contribution in [0.3, 0.4) is 0 Å². The molecular formula is C15H25ClN2O6S2. The smallest absolute Gasteiger partial charge is 0.285 e. The molecule has 1 unspecified atom stereocenters. The number of hydrogen-bond donors (Lipinski definition) is 3. The van der Waals surface area contributed by atoms with Crippen LogP contribution in [-0.4, -0.2) is 38.4 Å². The summed E-state index contributed by atoms with van der Waals surface area (Å²) in [6.07, 6.45) is 0.877. The Kier molecular flexibility index (Phi) is 9.21. The summed E-state index contributed by atoms with van der Waals surface area (Å²) in [5, 5.41) is 0. The summed E-state index contributed by atoms with van der Waals surface area (Å²) < 4.78 is 54.5. The zero-order chi connectivity index (χ0) is 19.4. The van der Waals surface area contributed by atoms with E-state index in [1.807, 2.05) is 12.1 Å². The van der Waals surface area contributed by atoms with Gasteiger partial charge in [-0.1, -0.05) is 38.1 Å². The van der Waals surface area contributed by atoms with E-state index in [1.165, 1.54) is 6.92 Å². The van der Waals surface area contributed by atoms with E-state index < -0.39 is 43.1 Å². The van der Waals surface area contributed by atoms with Crippen LogP contribution in [0, 0.1) is 5.92 Å². The lowest BCUT2D eigenvalue weighted by Crippen LogP contribution is -2.46. The number of nitrogens with one attached hydrogen (secondary N) is 1. The van der Waals surface area contributed by atoms with E-state index in [-0.39, 0.29) is 12.4 Å². The van der Waals surface area contributed by atoms with Crippen molar-refractivity contribution < 1.29 is 26.2 Å². The number of halogens is 1. The number of carbonyl (C=O) groups is 1. The fourth-order valence-electron chi connectivity index (χ4n) is 2.27. The molecule has 4 N–H and O–H groups in total. The van der Waals surface area contributed by atoms with Crippen LogP contribution in [0.2, 0.25) is 0 Å². The second-order valence-electron chi connectivity index (χ2n) is 6.25. The minimum absolute atomic E-state index is 0. The predicted molar refractivity (Wildman–Crippen MR) is 102 cm³/mol. The Hall–Kier alpha value is -1.20. The Morgan fingerprint density at radius 2 is 1.62 bits per heavy atom. The standard InChI is InChI=1S/C15H24N2O6S2.ClH/c1-10(2)8-12-4-6-13(7-5-12)11(3)15(18)17-24(19,20)14(9-16)25(21,22)23;/h4-7,10-11,14H,8-9,16H2,1-3H3,(H,17,18)(H,21,22,23);1H/t11-,14?;/m1./s1. The minimum Gasteiger partial charge on any atom is -0.328 e. The van der Waals surface area contributed by atoms with E-state index in [9.17, 15) is 21.6 Å². The molecule has 0 aliphatic heterocycles. The van der Waals surface area contributed by atoms with Crippen molar-refractivity contribution in [3.63, 3.8) is 0 Å². The largest absolute Gasteiger partial charge is 0.328 e. The van der Waals surface area contributed by atoms with Crippen LogP contribution in [-0.2, 0) is 31.4 Å². The zero-order valence-electron chi connectivity index (χ0n) is 14.7. The van der Waals surface area contributed by atoms with E-state index in [0.717, 1.165) is 12.0 Å². The van der Waals surface area contributed by atoms with E-state index >= 15 is 0 Å². The zero-order valence-corrected chi connectivity index (χ0v) is 17.2. The Balaban J connectivity index is 0.00000625. The summed E-state index contributed by atoms with van der Waals surface area (Å²) in [6.45, 7) is 4.78. The van der Waals surface area contributed by atoms with Gasteiger partial charge in [0, 0.05) is 6.54 Å². The Labute approximate surface area is 160 Å². The van der Waals surface area contributed by atoms with Gasteiger partial charge in [-0.15, -0.1) is 12.4 Å². The van der Waals surface area contributed by atoms with Gasteiger partial charge in [-0.05, 0) is 30.4 Å². The van der Waals surface area contributed by atoms with Crippen LogP contribution >= 0.6 is 12.4 Å². The van der Waals surface area contributed by atoms with Crippen molar-refractivity contribution in [3.8, 4) is 0 Å². The van der Waals surface area contributed by atoms with Crippen molar-refractivity contribution in [2.45, 2.75) is 37.7 Å². The average Bonchev–Trinajstić information content (AvgIpc) is 2.44. The van der Waals surface area contributed by atoms with Gasteiger partial charge in [0.25, 0.3) is 20.1 Å². The van der Waals surface area contributed by atoms with E-state index in [2.05, 4.69) is 13.8 Å². The van der Waals surface area contributed by atoms with Crippen LogP contribution in [0.25, 0.3) is 0 Å². The van der Waals surface area contributed by atoms with Gasteiger partial charge in [0.05, 0.1) is 5.92 Å². The van der Waals surface area contributed by atoms with Gasteiger partial charge in [-0.3, -0.25) is 14.1 Å². The third-order valence-electron chi connectivity index (χ3n) is 3.63. The molecule has 150 valence electrons. The number of carbonyl (C=O) groups excluding carboxylic acids is 1. The van der Waals surface area contributed by atoms with Crippen LogP contribution < -0.4 is 10.5 Å². The monoisotopic (exact) mass is 428 g/mol. The van der Waals surface area contributed by atoms with Crippen molar-refractivity contribution in [1.29, 1.82) is 0 Å². The molecule has 26 heavy (non-hydrogen) atoms. The second kappa shape index (κ2) is 9.65. The van der Waals surface area contributed by atoms with Crippen molar-refractivity contribution >= 4 is 38.5 Å². The first-order valence-electron chi connectivity index (χ1n) is 7.69. The van der Waals surface area contributed by atoms with Crippen molar-refractivity contribution in [3.05, 3.63) is 35.4 Å². The molecule has 0 bridgehead atoms. The molecular weight excluding hydrogens is 404 g/mol. The number of amides is 1. The highest BCUT2D eigenvalue weighted by Gasteiger charge is 2.37. The fraction of sp³-hybridized carbons (Fsp3) is 0.533. The molecule has 0 heterocycles. The molecule has 0 aliphatic rings. The van der Waals surface area contributed by atoms with Crippen molar-refractivity contribution in [2.24, 2.45) is 11.7 Å². The van der Waals surface area contributed by atoms with Crippen LogP contribution in [0.1, 0.15) is 37.8 Å². The van der Waals surface area contributed by atoms with Crippen LogP contribution in [0.15, 0.2) is 24.3 Å². The first-order valence-corrected chi connectivity index (χ1v) is 10.7. The molecule has 0 radical (unpaired) electrons. The van der Waals surface area contributed by atoms with Gasteiger partial charge in [-0.25, -0.2) is 8.42 Å². The molecule has 0 saturated heterocycles. The second-order valence-corrected chi connectivity index (χ2v) is 10.0. The summed E-state index contributed by atoms with van der Waals surface area (Å²) in [5.74, 6) is -1.26. The Bertz CT molecular complexity index is 807. The predicted octanol–water partition coefficient (Wildman–Crippen LogP) is 1.03. The summed E-state index contributed by atoms with van der Waals surface area (Å²) in [7, 11) is -9.62. The maximum atomic E-state index is 12.2. The average molecular weight is 429 g/mol. The summed E-state index contributed by atoms with van der Waals surface area (Å²) >= 11 is 0. The molecule has 0 fully saturated rings. The summed E-state index contributed by atoms with van der Waals surface area (Å²) in [4.78, 5) is 12.2. The first-order chi connectivity index (χ1) is 11.4. The highest BCUT2D eigenvalue weighted by Crippen LogP contribution is 2.18. The lowest BCUT2D eigenvalue weighted by Gasteiger charge is -2.17. The Morgan fingerprint density at radius 1 is 1.12 bits per heavy atom. The lowest BCUT2D eigenvalue weighted by molar-refractivity contribution is -0.120. The molecule has 0 aliphatic carbocycles. The number of benzene rings is 1. The minimum atomic E-state index is -4.95. The van der Waals surface area contributed by atoms with Gasteiger partial charge in [0.15, 0.2) is 0 Å². The molecule has 1 amide bonds. The van der Waals surface area contributed by atoms with Gasteiger partial charge in [-0.2, -0.15) is 8.42 Å². The van der Waals surface area contributed by atoms with Gasteiger partial charge in [0.2, 0.25) is 10.5 Å². The van der Waals surface area contributed by atoms with E-state index in [0.29, 0.717) is 11.5 Å². The SMILES string of the molecule is CC(C)Cc1ccc([C@@H](C)C(=O)NS(=O)(=O)C(CN)S(=O)(=O)O)cc1.Cl. The maximum absolute atomic E-state index is 12.2. The molecule has 0 saturated carbocycles. The number of sulfonamides is 1. The normalized spacial score (nSPS) is 14.4. The van der Waals surface area contributed by atoms with Crippen molar-refractivity contribution in [2.75, 3.05) is 6.54 Å². The maximum Gasteiger partial charge on any atom is 0.285 e. The lowest BCUT2D eigenvalue weighted by atomic mass is 9.96. The fourth-order valence-corrected chi connectivity index (χ4v) is 4.78. The topological polar surface area (TPSA) is 144 Å². The molecule has 8 nitrogen and oxygen atoms in total. The van der Waals surface area contributed by atoms with Gasteiger partial charge < -0.3 is 5.73 Å². The van der Waals surface area contributed by atoms with Gasteiger partial charge in [0.1, 0.15) is 0 Å². The van der Waals surface area contributed by atoms with E-state index in [1.54, 1.807) is 16.9 Å². The van der Waals surface area contributed by atoms with E-state index in [4.69, 9.17) is 10.3 Å². The number of hydrogen-bond acceptors (Lipinski definition) is 6. The highest BCUT2D eigenvalue weighted by atomic mass is 35.5. The third-order valence-corrected chi connectivity index (χ3v) is 7.35. The number of rotatable bonds is 8. The number of nitrogens with two attached hydrogens (primary N) is 1. The molecule has 0 spiro atoms.